The molecule has 0 bridgehead atoms. The van der Waals surface area contributed by atoms with Gasteiger partial charge in [-0.15, -0.1) is 0 Å². The van der Waals surface area contributed by atoms with E-state index in [1.165, 1.54) is 11.1 Å². The van der Waals surface area contributed by atoms with E-state index in [1.54, 1.807) is 12.1 Å². The zero-order valence-corrected chi connectivity index (χ0v) is 11.4. The first-order valence-corrected chi connectivity index (χ1v) is 6.40. The summed E-state index contributed by atoms with van der Waals surface area (Å²) in [6.07, 6.45) is 0. The normalized spacial score (nSPS) is 12.6. The van der Waals surface area contributed by atoms with Crippen molar-refractivity contribution in [1.82, 2.24) is 4.90 Å². The van der Waals surface area contributed by atoms with Crippen LogP contribution in [0.1, 0.15) is 24.1 Å². The molecule has 0 fully saturated rings. The van der Waals surface area contributed by atoms with Crippen LogP contribution in [0.3, 0.4) is 0 Å². The van der Waals surface area contributed by atoms with Gasteiger partial charge in [-0.3, -0.25) is 4.90 Å². The lowest BCUT2D eigenvalue weighted by Gasteiger charge is -2.25. The molecule has 0 aromatic heterocycles. The topological polar surface area (TPSA) is 49.5 Å². The molecule has 0 amide bonds. The summed E-state index contributed by atoms with van der Waals surface area (Å²) in [6, 6.07) is 15.6. The van der Waals surface area contributed by atoms with Gasteiger partial charge in [0.05, 0.1) is 0 Å². The van der Waals surface area contributed by atoms with Gasteiger partial charge in [0.1, 0.15) is 5.75 Å². The lowest BCUT2D eigenvalue weighted by molar-refractivity contribution is 0.253. The Morgan fingerprint density at radius 1 is 1.16 bits per heavy atom. The fraction of sp³-hybridized carbons (Fsp3) is 0.250. The predicted molar refractivity (Wildman–Crippen MR) is 78.8 cm³/mol. The van der Waals surface area contributed by atoms with Gasteiger partial charge in [-0.1, -0.05) is 24.3 Å². The number of hydrogen-bond donors (Lipinski definition) is 2. The molecule has 2 aromatic carbocycles. The smallest absolute Gasteiger partial charge is 0.115 e. The highest BCUT2D eigenvalue weighted by Gasteiger charge is 2.12. The quantitative estimate of drug-likeness (QED) is 0.826. The van der Waals surface area contributed by atoms with Crippen molar-refractivity contribution in [2.75, 3.05) is 12.8 Å². The maximum Gasteiger partial charge on any atom is 0.115 e. The van der Waals surface area contributed by atoms with Gasteiger partial charge in [-0.25, -0.2) is 0 Å². The molecule has 3 N–H and O–H groups in total. The zero-order valence-electron chi connectivity index (χ0n) is 11.4. The maximum atomic E-state index is 9.28. The van der Waals surface area contributed by atoms with Crippen LogP contribution in [0.5, 0.6) is 5.75 Å². The summed E-state index contributed by atoms with van der Waals surface area (Å²) in [5.41, 5.74) is 9.00. The van der Waals surface area contributed by atoms with E-state index in [9.17, 15) is 5.11 Å². The van der Waals surface area contributed by atoms with Crippen molar-refractivity contribution < 1.29 is 5.11 Å². The SMILES string of the molecule is CC(c1cccc(N)c1)N(C)Cc1ccc(O)cc1. The molecular weight excluding hydrogens is 236 g/mol. The third-order valence-corrected chi connectivity index (χ3v) is 3.42. The highest BCUT2D eigenvalue weighted by molar-refractivity contribution is 5.41. The summed E-state index contributed by atoms with van der Waals surface area (Å²) >= 11 is 0. The molecule has 19 heavy (non-hydrogen) atoms. The Hall–Kier alpha value is -2.00. The largest absolute Gasteiger partial charge is 0.508 e. The number of phenols is 1. The minimum absolute atomic E-state index is 0.289. The molecule has 3 nitrogen and oxygen atoms in total. The molecule has 2 aromatic rings. The van der Waals surface area contributed by atoms with Gasteiger partial charge in [0, 0.05) is 18.3 Å². The van der Waals surface area contributed by atoms with Crippen LogP contribution in [0.15, 0.2) is 48.5 Å². The van der Waals surface area contributed by atoms with E-state index in [0.29, 0.717) is 5.75 Å². The number of nitrogens with zero attached hydrogens (tertiary/aromatic N) is 1. The summed E-state index contributed by atoms with van der Waals surface area (Å²) in [7, 11) is 2.08. The first kappa shape index (κ1) is 13.4. The Balaban J connectivity index is 2.07. The Morgan fingerprint density at radius 2 is 1.84 bits per heavy atom. The van der Waals surface area contributed by atoms with Crippen molar-refractivity contribution in [1.29, 1.82) is 0 Å². The minimum atomic E-state index is 0.289. The average Bonchev–Trinajstić information content (AvgIpc) is 2.40. The monoisotopic (exact) mass is 256 g/mol. The number of rotatable bonds is 4. The summed E-state index contributed by atoms with van der Waals surface area (Å²) in [4.78, 5) is 2.25. The Morgan fingerprint density at radius 3 is 2.47 bits per heavy atom. The average molecular weight is 256 g/mol. The molecule has 0 saturated heterocycles. The second kappa shape index (κ2) is 5.76. The molecule has 0 heterocycles. The van der Waals surface area contributed by atoms with Gasteiger partial charge in [0.25, 0.3) is 0 Å². The highest BCUT2D eigenvalue weighted by Crippen LogP contribution is 2.22. The van der Waals surface area contributed by atoms with E-state index >= 15 is 0 Å². The molecular formula is C16H20N2O. The van der Waals surface area contributed by atoms with Crippen molar-refractivity contribution in [3.05, 3.63) is 59.7 Å². The number of nitrogen functional groups attached to an aromatic ring is 1. The predicted octanol–water partition coefficient (Wildman–Crippen LogP) is 3.17. The highest BCUT2D eigenvalue weighted by atomic mass is 16.3. The standard InChI is InChI=1S/C16H20N2O/c1-12(14-4-3-5-15(17)10-14)18(2)11-13-6-8-16(19)9-7-13/h3-10,12,19H,11,17H2,1-2H3. The van der Waals surface area contributed by atoms with Crippen molar-refractivity contribution in [2.45, 2.75) is 19.5 Å². The number of hydrogen-bond acceptors (Lipinski definition) is 3. The molecule has 0 saturated carbocycles. The third kappa shape index (κ3) is 3.48. The number of benzene rings is 2. The maximum absolute atomic E-state index is 9.28. The third-order valence-electron chi connectivity index (χ3n) is 3.42. The van der Waals surface area contributed by atoms with Crippen LogP contribution in [-0.2, 0) is 6.54 Å². The van der Waals surface area contributed by atoms with Crippen molar-refractivity contribution in [2.24, 2.45) is 0 Å². The lowest BCUT2D eigenvalue weighted by atomic mass is 10.1. The molecule has 0 aliphatic rings. The Labute approximate surface area is 114 Å². The molecule has 1 atom stereocenters. The van der Waals surface area contributed by atoms with E-state index < -0.39 is 0 Å². The number of phenolic OH excluding ortho intramolecular Hbond substituents is 1. The van der Waals surface area contributed by atoms with E-state index in [-0.39, 0.29) is 6.04 Å². The van der Waals surface area contributed by atoms with Gasteiger partial charge in [-0.2, -0.15) is 0 Å². The fourth-order valence-corrected chi connectivity index (χ4v) is 2.10. The molecule has 0 aliphatic carbocycles. The molecule has 0 spiro atoms. The molecule has 3 heteroatoms. The van der Waals surface area contributed by atoms with E-state index in [4.69, 9.17) is 5.73 Å². The summed E-state index contributed by atoms with van der Waals surface area (Å²) in [6.45, 7) is 2.99. The van der Waals surface area contributed by atoms with E-state index in [0.717, 1.165) is 12.2 Å². The van der Waals surface area contributed by atoms with Crippen molar-refractivity contribution in [3.63, 3.8) is 0 Å². The van der Waals surface area contributed by atoms with Crippen molar-refractivity contribution >= 4 is 5.69 Å². The van der Waals surface area contributed by atoms with Crippen LogP contribution in [-0.4, -0.2) is 17.1 Å². The summed E-state index contributed by atoms with van der Waals surface area (Å²) in [5, 5.41) is 9.28. The number of nitrogens with two attached hydrogens (primary N) is 1. The van der Waals surface area contributed by atoms with Crippen LogP contribution in [0, 0.1) is 0 Å². The van der Waals surface area contributed by atoms with Crippen LogP contribution in [0.25, 0.3) is 0 Å². The van der Waals surface area contributed by atoms with E-state index in [2.05, 4.69) is 24.9 Å². The lowest BCUT2D eigenvalue weighted by Crippen LogP contribution is -2.21. The fourth-order valence-electron chi connectivity index (χ4n) is 2.10. The van der Waals surface area contributed by atoms with Crippen LogP contribution in [0.4, 0.5) is 5.69 Å². The molecule has 100 valence electrons. The summed E-state index contributed by atoms with van der Waals surface area (Å²) < 4.78 is 0. The van der Waals surface area contributed by atoms with Crippen LogP contribution in [0.2, 0.25) is 0 Å². The molecule has 1 unspecified atom stereocenters. The first-order chi connectivity index (χ1) is 9.06. The zero-order chi connectivity index (χ0) is 13.8. The van der Waals surface area contributed by atoms with Crippen molar-refractivity contribution in [3.8, 4) is 5.75 Å². The minimum Gasteiger partial charge on any atom is -0.508 e. The summed E-state index contributed by atoms with van der Waals surface area (Å²) in [5.74, 6) is 0.301. The van der Waals surface area contributed by atoms with Gasteiger partial charge in [-0.05, 0) is 49.4 Å². The molecule has 0 aliphatic heterocycles. The van der Waals surface area contributed by atoms with Gasteiger partial charge in [0.15, 0.2) is 0 Å². The van der Waals surface area contributed by atoms with Crippen LogP contribution < -0.4 is 5.73 Å². The number of aromatic hydroxyl groups is 1. The Bertz CT molecular complexity index is 537. The van der Waals surface area contributed by atoms with E-state index in [1.807, 2.05) is 30.3 Å². The first-order valence-electron chi connectivity index (χ1n) is 6.40. The van der Waals surface area contributed by atoms with Gasteiger partial charge >= 0.3 is 0 Å². The molecule has 0 radical (unpaired) electrons. The second-order valence-electron chi connectivity index (χ2n) is 4.93. The number of anilines is 1. The van der Waals surface area contributed by atoms with Gasteiger partial charge in [0.2, 0.25) is 0 Å². The van der Waals surface area contributed by atoms with Gasteiger partial charge < -0.3 is 10.8 Å². The second-order valence-corrected chi connectivity index (χ2v) is 4.93. The Kier molecular flexibility index (Phi) is 4.07. The van der Waals surface area contributed by atoms with Crippen LogP contribution >= 0.6 is 0 Å². The molecule has 2 rings (SSSR count).